The SMILES string of the molecule is Cc1nn(C)c(C)c1CNC(=O)C1CCC(=O)N1Cc1ccc2c(c1)OCO2. The van der Waals surface area contributed by atoms with E-state index in [-0.39, 0.29) is 18.6 Å². The number of rotatable bonds is 5. The van der Waals surface area contributed by atoms with E-state index in [0.717, 1.165) is 22.5 Å². The number of amides is 2. The first-order valence-corrected chi connectivity index (χ1v) is 9.39. The number of ether oxygens (including phenoxy) is 2. The molecule has 1 aromatic carbocycles. The number of aryl methyl sites for hydroxylation is 2. The fourth-order valence-corrected chi connectivity index (χ4v) is 3.81. The number of hydrogen-bond acceptors (Lipinski definition) is 5. The molecule has 0 saturated carbocycles. The maximum Gasteiger partial charge on any atom is 0.243 e. The zero-order valence-electron chi connectivity index (χ0n) is 16.3. The van der Waals surface area contributed by atoms with Crippen molar-refractivity contribution in [2.75, 3.05) is 6.79 Å². The summed E-state index contributed by atoms with van der Waals surface area (Å²) in [7, 11) is 1.89. The van der Waals surface area contributed by atoms with Crippen molar-refractivity contribution in [3.8, 4) is 11.5 Å². The molecule has 1 atom stereocenters. The number of aromatic nitrogens is 2. The second kappa shape index (κ2) is 7.18. The minimum Gasteiger partial charge on any atom is -0.454 e. The lowest BCUT2D eigenvalue weighted by Crippen LogP contribution is -2.44. The molecule has 8 nitrogen and oxygen atoms in total. The Morgan fingerprint density at radius 2 is 2.07 bits per heavy atom. The summed E-state index contributed by atoms with van der Waals surface area (Å²) >= 11 is 0. The van der Waals surface area contributed by atoms with E-state index in [1.165, 1.54) is 0 Å². The highest BCUT2D eigenvalue weighted by Gasteiger charge is 2.36. The van der Waals surface area contributed by atoms with Gasteiger partial charge >= 0.3 is 0 Å². The van der Waals surface area contributed by atoms with Crippen molar-refractivity contribution in [3.05, 3.63) is 40.7 Å². The maximum atomic E-state index is 12.8. The number of hydrogen-bond donors (Lipinski definition) is 1. The van der Waals surface area contributed by atoms with E-state index >= 15 is 0 Å². The Bertz CT molecular complexity index is 937. The molecule has 0 bridgehead atoms. The van der Waals surface area contributed by atoms with Gasteiger partial charge in [0.2, 0.25) is 18.6 Å². The van der Waals surface area contributed by atoms with Gasteiger partial charge in [-0.1, -0.05) is 6.07 Å². The van der Waals surface area contributed by atoms with Crippen molar-refractivity contribution in [2.45, 2.75) is 45.8 Å². The molecule has 2 aliphatic rings. The van der Waals surface area contributed by atoms with Crippen LogP contribution in [0.1, 0.15) is 35.4 Å². The molecule has 2 aromatic rings. The molecule has 0 spiro atoms. The van der Waals surface area contributed by atoms with Gasteiger partial charge in [0.1, 0.15) is 6.04 Å². The molecule has 1 saturated heterocycles. The van der Waals surface area contributed by atoms with E-state index in [9.17, 15) is 9.59 Å². The third kappa shape index (κ3) is 3.30. The molecule has 1 unspecified atom stereocenters. The first kappa shape index (κ1) is 18.3. The van der Waals surface area contributed by atoms with Gasteiger partial charge in [0.25, 0.3) is 0 Å². The molecule has 28 heavy (non-hydrogen) atoms. The molecular formula is C20H24N4O4. The fraction of sp³-hybridized carbons (Fsp3) is 0.450. The molecule has 0 aliphatic carbocycles. The lowest BCUT2D eigenvalue weighted by Gasteiger charge is -2.24. The highest BCUT2D eigenvalue weighted by Crippen LogP contribution is 2.33. The molecule has 8 heteroatoms. The van der Waals surface area contributed by atoms with Crippen LogP contribution in [0.3, 0.4) is 0 Å². The van der Waals surface area contributed by atoms with Crippen LogP contribution in [-0.4, -0.2) is 39.3 Å². The number of fused-ring (bicyclic) bond motifs is 1. The Kier molecular flexibility index (Phi) is 4.70. The van der Waals surface area contributed by atoms with Gasteiger partial charge in [-0.15, -0.1) is 0 Å². The van der Waals surface area contributed by atoms with Crippen LogP contribution in [0.25, 0.3) is 0 Å². The Morgan fingerprint density at radius 3 is 2.82 bits per heavy atom. The van der Waals surface area contributed by atoms with Gasteiger partial charge in [0.15, 0.2) is 11.5 Å². The number of nitrogens with zero attached hydrogens (tertiary/aromatic N) is 3. The second-order valence-corrected chi connectivity index (χ2v) is 7.25. The van der Waals surface area contributed by atoms with Gasteiger partial charge in [-0.05, 0) is 38.0 Å². The Hall–Kier alpha value is -3.03. The molecular weight excluding hydrogens is 360 g/mol. The van der Waals surface area contributed by atoms with Crippen LogP contribution in [0.4, 0.5) is 0 Å². The standard InChI is InChI=1S/C20H24N4O4/c1-12-15(13(2)23(3)22-12)9-21-20(26)16-5-7-19(25)24(16)10-14-4-6-17-18(8-14)28-11-27-17/h4,6,8,16H,5,7,9-11H2,1-3H3,(H,21,26). The normalized spacial score (nSPS) is 18.0. The van der Waals surface area contributed by atoms with E-state index in [4.69, 9.17) is 9.47 Å². The Morgan fingerprint density at radius 1 is 1.29 bits per heavy atom. The topological polar surface area (TPSA) is 85.7 Å². The van der Waals surface area contributed by atoms with E-state index in [2.05, 4.69) is 10.4 Å². The largest absolute Gasteiger partial charge is 0.454 e. The molecule has 4 rings (SSSR count). The summed E-state index contributed by atoms with van der Waals surface area (Å²) in [5.74, 6) is 1.24. The van der Waals surface area contributed by atoms with Gasteiger partial charge in [-0.2, -0.15) is 5.10 Å². The number of carbonyl (C=O) groups excluding carboxylic acids is 2. The van der Waals surface area contributed by atoms with Crippen LogP contribution in [0, 0.1) is 13.8 Å². The average Bonchev–Trinajstić information content (AvgIpc) is 3.33. The molecule has 2 aliphatic heterocycles. The first-order chi connectivity index (χ1) is 13.4. The predicted molar refractivity (Wildman–Crippen MR) is 101 cm³/mol. The van der Waals surface area contributed by atoms with Crippen molar-refractivity contribution in [2.24, 2.45) is 7.05 Å². The van der Waals surface area contributed by atoms with Crippen LogP contribution in [0.2, 0.25) is 0 Å². The van der Waals surface area contributed by atoms with Gasteiger partial charge in [-0.25, -0.2) is 0 Å². The quantitative estimate of drug-likeness (QED) is 0.846. The summed E-state index contributed by atoms with van der Waals surface area (Å²) in [5, 5.41) is 7.36. The minimum absolute atomic E-state index is 0.00782. The van der Waals surface area contributed by atoms with E-state index in [1.807, 2.05) is 43.8 Å². The Labute approximate surface area is 163 Å². The molecule has 1 fully saturated rings. The molecule has 3 heterocycles. The summed E-state index contributed by atoms with van der Waals surface area (Å²) < 4.78 is 12.5. The van der Waals surface area contributed by atoms with Crippen molar-refractivity contribution < 1.29 is 19.1 Å². The summed E-state index contributed by atoms with van der Waals surface area (Å²) in [4.78, 5) is 26.8. The zero-order chi connectivity index (χ0) is 19.8. The highest BCUT2D eigenvalue weighted by molar-refractivity contribution is 5.90. The third-order valence-electron chi connectivity index (χ3n) is 5.52. The molecule has 1 N–H and O–H groups in total. The van der Waals surface area contributed by atoms with E-state index in [1.54, 1.807) is 4.90 Å². The predicted octanol–water partition coefficient (Wildman–Crippen LogP) is 1.57. The smallest absolute Gasteiger partial charge is 0.243 e. The molecule has 2 amide bonds. The van der Waals surface area contributed by atoms with Crippen LogP contribution < -0.4 is 14.8 Å². The van der Waals surface area contributed by atoms with Crippen LogP contribution in [-0.2, 0) is 29.7 Å². The minimum atomic E-state index is -0.463. The summed E-state index contributed by atoms with van der Waals surface area (Å²) in [6.45, 7) is 4.90. The summed E-state index contributed by atoms with van der Waals surface area (Å²) in [6, 6.07) is 5.14. The summed E-state index contributed by atoms with van der Waals surface area (Å²) in [5.41, 5.74) is 3.86. The van der Waals surface area contributed by atoms with Crippen molar-refractivity contribution in [1.29, 1.82) is 0 Å². The molecule has 1 aromatic heterocycles. The van der Waals surface area contributed by atoms with E-state index in [0.29, 0.717) is 37.4 Å². The van der Waals surface area contributed by atoms with Gasteiger partial charge in [0.05, 0.1) is 5.69 Å². The number of benzene rings is 1. The van der Waals surface area contributed by atoms with Crippen molar-refractivity contribution >= 4 is 11.8 Å². The van der Waals surface area contributed by atoms with Crippen molar-refractivity contribution in [1.82, 2.24) is 20.0 Å². The Balaban J connectivity index is 1.44. The number of likely N-dealkylation sites (tertiary alicyclic amines) is 1. The zero-order valence-corrected chi connectivity index (χ0v) is 16.3. The van der Waals surface area contributed by atoms with Gasteiger partial charge < -0.3 is 19.7 Å². The number of nitrogens with one attached hydrogen (secondary N) is 1. The third-order valence-corrected chi connectivity index (χ3v) is 5.52. The summed E-state index contributed by atoms with van der Waals surface area (Å²) in [6.07, 6.45) is 0.911. The monoisotopic (exact) mass is 384 g/mol. The van der Waals surface area contributed by atoms with E-state index < -0.39 is 6.04 Å². The lowest BCUT2D eigenvalue weighted by molar-refractivity contribution is -0.135. The van der Waals surface area contributed by atoms with Gasteiger partial charge in [-0.3, -0.25) is 14.3 Å². The molecule has 0 radical (unpaired) electrons. The average molecular weight is 384 g/mol. The number of carbonyl (C=O) groups is 2. The second-order valence-electron chi connectivity index (χ2n) is 7.25. The molecule has 148 valence electrons. The highest BCUT2D eigenvalue weighted by atomic mass is 16.7. The van der Waals surface area contributed by atoms with Crippen LogP contribution in [0.5, 0.6) is 11.5 Å². The van der Waals surface area contributed by atoms with Crippen molar-refractivity contribution in [3.63, 3.8) is 0 Å². The van der Waals surface area contributed by atoms with Gasteiger partial charge in [0, 0.05) is 37.8 Å². The maximum absolute atomic E-state index is 12.8. The fourth-order valence-electron chi connectivity index (χ4n) is 3.81. The lowest BCUT2D eigenvalue weighted by atomic mass is 10.1. The van der Waals surface area contributed by atoms with Crippen LogP contribution >= 0.6 is 0 Å². The van der Waals surface area contributed by atoms with Crippen LogP contribution in [0.15, 0.2) is 18.2 Å². The first-order valence-electron chi connectivity index (χ1n) is 9.39.